The fraction of sp³-hybridized carbons (Fsp3) is 0.729. The molecule has 5 aliphatic heterocycles. The summed E-state index contributed by atoms with van der Waals surface area (Å²) in [6.45, 7) is 4.19. The Morgan fingerprint density at radius 3 is 1.79 bits per heavy atom. The first kappa shape index (κ1) is 73.9. The molecule has 4 fully saturated rings. The maximum atomic E-state index is 12.8. The standard InChI is InChI=1S/C59H93NO27/c1-30-17-15-13-11-9-7-5-6-8-10-12-14-16-18-37(84-56-50(73)46(48(71)33(4)83-56)60-29-59(80)54(76)53(41(68)28-81-59)86-57-52(75)51(74)49(72)43(27-61)85-57)24-42-45(55(77)78)40(67)26-58(79,87-42)25-39(66)38(65)20-19-34(62)21-35(63)22-36(64)23-44(69)82-32(3)31(2)47(30)70/h5-18,30-43,45-54,56-57,60-68,70-76,79-80H,19-29H2,1-4H3,(H,77,78)/b6-5+,9-7+,10-8+,13-11+,14-12+,17-15+,18-16+/t30-,31-,32-,33+,34?,35?,36?,37-,38+,39+,40-,41?,42-,43+,45+,46-,47+,48+,49-,50-,51-,52+,53?,54?,56?,57?,58+,59?/m0/s1. The highest BCUT2D eigenvalue weighted by atomic mass is 16.7. The van der Waals surface area contributed by atoms with Crippen molar-refractivity contribution in [1.82, 2.24) is 5.32 Å². The fourth-order valence-corrected chi connectivity index (χ4v) is 11.0. The molecule has 0 spiro atoms. The molecule has 0 amide bonds. The third-order valence-electron chi connectivity index (χ3n) is 16.4. The van der Waals surface area contributed by atoms with E-state index in [1.807, 2.05) is 0 Å². The lowest BCUT2D eigenvalue weighted by Gasteiger charge is -2.48. The molecule has 0 aromatic heterocycles. The van der Waals surface area contributed by atoms with Gasteiger partial charge >= 0.3 is 11.9 Å². The van der Waals surface area contributed by atoms with Crippen molar-refractivity contribution < 1.29 is 135 Å². The number of allylic oxidation sites excluding steroid dienone is 12. The lowest BCUT2D eigenvalue weighted by molar-refractivity contribution is -0.368. The Morgan fingerprint density at radius 1 is 0.609 bits per heavy atom. The molecule has 0 aromatic carbocycles. The van der Waals surface area contributed by atoms with Gasteiger partial charge in [0.15, 0.2) is 18.4 Å². The van der Waals surface area contributed by atoms with Crippen LogP contribution in [-0.4, -0.2) is 276 Å². The summed E-state index contributed by atoms with van der Waals surface area (Å²) in [6, 6.07) is -1.49. The molecule has 28 heteroatoms. The number of carbonyl (C=O) groups excluding carboxylic acids is 1. The summed E-state index contributed by atoms with van der Waals surface area (Å²) in [7, 11) is 0. The van der Waals surface area contributed by atoms with E-state index in [2.05, 4.69) is 5.32 Å². The monoisotopic (exact) mass is 1250 g/mol. The van der Waals surface area contributed by atoms with E-state index in [9.17, 15) is 102 Å². The van der Waals surface area contributed by atoms with Gasteiger partial charge in [-0.2, -0.15) is 0 Å². The zero-order chi connectivity index (χ0) is 64.5. The first-order valence-electron chi connectivity index (χ1n) is 29.4. The number of rotatable bonds is 9. The Hall–Kier alpha value is -3.84. The Kier molecular flexibility index (Phi) is 29.3. The number of aliphatic hydroxyl groups excluding tert-OH is 15. The van der Waals surface area contributed by atoms with Gasteiger partial charge in [0.05, 0.1) is 99.4 Å². The second-order valence-electron chi connectivity index (χ2n) is 23.4. The Balaban J connectivity index is 1.37. The van der Waals surface area contributed by atoms with Crippen LogP contribution < -0.4 is 5.32 Å². The molecular weight excluding hydrogens is 1150 g/mol. The smallest absolute Gasteiger partial charge is 0.311 e. The van der Waals surface area contributed by atoms with E-state index in [1.165, 1.54) is 19.1 Å². The number of carbonyl (C=O) groups is 2. The Morgan fingerprint density at radius 2 is 1.18 bits per heavy atom. The van der Waals surface area contributed by atoms with Crippen molar-refractivity contribution in [3.63, 3.8) is 0 Å². The number of hydrogen-bond acceptors (Lipinski definition) is 27. The normalized spacial score (nSPS) is 47.7. The van der Waals surface area contributed by atoms with Gasteiger partial charge in [-0.3, -0.25) is 9.59 Å². The van der Waals surface area contributed by atoms with Crippen LogP contribution in [0.2, 0.25) is 0 Å². The quantitative estimate of drug-likeness (QED) is 0.0978. The maximum absolute atomic E-state index is 12.8. The van der Waals surface area contributed by atoms with E-state index in [0.29, 0.717) is 0 Å². The molecule has 0 aliphatic carbocycles. The molecule has 4 saturated heterocycles. The van der Waals surface area contributed by atoms with E-state index in [4.69, 9.17) is 33.2 Å². The van der Waals surface area contributed by atoms with Crippen LogP contribution in [-0.2, 0) is 42.7 Å². The summed E-state index contributed by atoms with van der Waals surface area (Å²) in [5.41, 5.74) is 0. The van der Waals surface area contributed by atoms with Crippen LogP contribution in [0.4, 0.5) is 0 Å². The number of hydrogen-bond donors (Lipinski definition) is 19. The van der Waals surface area contributed by atoms with E-state index < -0.39 is 221 Å². The first-order chi connectivity index (χ1) is 41.0. The number of cyclic esters (lactones) is 1. The van der Waals surface area contributed by atoms with Gasteiger partial charge in [0.1, 0.15) is 60.9 Å². The van der Waals surface area contributed by atoms with Gasteiger partial charge in [0.25, 0.3) is 0 Å². The molecule has 28 nitrogen and oxygen atoms in total. The third kappa shape index (κ3) is 21.4. The molecular formula is C59H93NO27. The van der Waals surface area contributed by atoms with Gasteiger partial charge in [-0.15, -0.1) is 0 Å². The molecule has 28 atom stereocenters. The van der Waals surface area contributed by atoms with Crippen LogP contribution in [0, 0.1) is 17.8 Å². The molecule has 0 aromatic rings. The van der Waals surface area contributed by atoms with Crippen LogP contribution in [0.3, 0.4) is 0 Å². The van der Waals surface area contributed by atoms with Gasteiger partial charge in [-0.25, -0.2) is 0 Å². The second kappa shape index (κ2) is 34.5. The first-order valence-corrected chi connectivity index (χ1v) is 29.4. The zero-order valence-electron chi connectivity index (χ0n) is 49.1. The lowest BCUT2D eigenvalue weighted by Crippen LogP contribution is -2.70. The number of esters is 1. The van der Waals surface area contributed by atoms with Crippen LogP contribution in [0.1, 0.15) is 79.1 Å². The average molecular weight is 1250 g/mol. The number of aliphatic carboxylic acids is 1. The van der Waals surface area contributed by atoms with Gasteiger partial charge in [-0.05, 0) is 39.5 Å². The van der Waals surface area contributed by atoms with Crippen molar-refractivity contribution in [2.45, 2.75) is 231 Å². The van der Waals surface area contributed by atoms with E-state index in [-0.39, 0.29) is 31.6 Å². The number of ether oxygens (including phenoxy) is 7. The fourth-order valence-electron chi connectivity index (χ4n) is 11.0. The van der Waals surface area contributed by atoms with Crippen LogP contribution in [0.25, 0.3) is 0 Å². The average Bonchev–Trinajstić information content (AvgIpc) is 0.907. The van der Waals surface area contributed by atoms with Crippen molar-refractivity contribution in [3.05, 3.63) is 85.1 Å². The van der Waals surface area contributed by atoms with Crippen LogP contribution in [0.5, 0.6) is 0 Å². The highest BCUT2D eigenvalue weighted by Crippen LogP contribution is 2.39. The van der Waals surface area contributed by atoms with Crippen molar-refractivity contribution in [2.24, 2.45) is 17.8 Å². The molecule has 0 saturated carbocycles. The SMILES string of the molecule is C[C@@H]1[C@H](O)[C@@H](C)/C=C/C=C/C=C/C=C/C=C/C=C/C=C/[C@H](OC2O[C@H](C)[C@@H](O)[C@H](NCC3(O)OCC(O)C(OC4O[C@H](CO)[C@H](O)[C@H](O)[C@H]4O)C3O)[C@@H]2O)C[C@@H]2O[C@](O)(C[C@@H](O)[C@H](O)CCC(O)CC(O)CC(O)CC(=O)O[C@H]1C)C[C@H](O)[C@H]2C(=O)O. The number of carboxylic acid groups (broad SMARTS) is 1. The molecule has 5 aliphatic rings. The summed E-state index contributed by atoms with van der Waals surface area (Å²) in [5.74, 6) is -10.1. The highest BCUT2D eigenvalue weighted by Gasteiger charge is 2.55. The molecule has 5 heterocycles. The Labute approximate surface area is 504 Å². The Bertz CT molecular complexity index is 2320. The molecule has 5 rings (SSSR count). The second-order valence-corrected chi connectivity index (χ2v) is 23.4. The van der Waals surface area contributed by atoms with Crippen LogP contribution >= 0.6 is 0 Å². The minimum atomic E-state index is -2.68. The lowest BCUT2D eigenvalue weighted by atomic mass is 9.82. The summed E-state index contributed by atoms with van der Waals surface area (Å²) in [6.07, 6.45) is -15.0. The van der Waals surface area contributed by atoms with E-state index in [0.717, 1.165) is 0 Å². The predicted octanol–water partition coefficient (Wildman–Crippen LogP) is -4.03. The highest BCUT2D eigenvalue weighted by molar-refractivity contribution is 5.71. The molecule has 9 unspecified atom stereocenters. The summed E-state index contributed by atoms with van der Waals surface area (Å²) >= 11 is 0. The number of carboxylic acids is 1. The minimum Gasteiger partial charge on any atom is -0.481 e. The van der Waals surface area contributed by atoms with Gasteiger partial charge in [-0.1, -0.05) is 98.9 Å². The largest absolute Gasteiger partial charge is 0.481 e. The van der Waals surface area contributed by atoms with E-state index >= 15 is 0 Å². The molecule has 496 valence electrons. The number of fused-ring (bicyclic) bond motifs is 2. The summed E-state index contributed by atoms with van der Waals surface area (Å²) in [4.78, 5) is 25.5. The van der Waals surface area contributed by atoms with Crippen LogP contribution in [0.15, 0.2) is 85.1 Å². The summed E-state index contributed by atoms with van der Waals surface area (Å²) < 4.78 is 40.0. The number of aliphatic hydroxyl groups is 17. The van der Waals surface area contributed by atoms with Crippen molar-refractivity contribution in [3.8, 4) is 0 Å². The van der Waals surface area contributed by atoms with Gasteiger partial charge in [0, 0.05) is 31.1 Å². The van der Waals surface area contributed by atoms with Gasteiger partial charge in [0.2, 0.25) is 5.79 Å². The molecule has 87 heavy (non-hydrogen) atoms. The minimum absolute atomic E-state index is 0.212. The number of nitrogens with one attached hydrogen (secondary N) is 1. The zero-order valence-corrected chi connectivity index (χ0v) is 49.1. The van der Waals surface area contributed by atoms with Crippen molar-refractivity contribution in [1.29, 1.82) is 0 Å². The predicted molar refractivity (Wildman–Crippen MR) is 302 cm³/mol. The maximum Gasteiger partial charge on any atom is 0.311 e. The topological polar surface area (TPSA) is 475 Å². The van der Waals surface area contributed by atoms with Crippen molar-refractivity contribution >= 4 is 11.9 Å². The van der Waals surface area contributed by atoms with E-state index in [1.54, 1.807) is 93.7 Å². The van der Waals surface area contributed by atoms with Crippen molar-refractivity contribution in [2.75, 3.05) is 19.8 Å². The third-order valence-corrected chi connectivity index (χ3v) is 16.4. The molecule has 2 bridgehead atoms. The van der Waals surface area contributed by atoms with Gasteiger partial charge < -0.3 is 130 Å². The molecule has 0 radical (unpaired) electrons. The molecule has 19 N–H and O–H groups in total. The summed E-state index contributed by atoms with van der Waals surface area (Å²) in [5, 5.41) is 199.